The average Bonchev–Trinajstić information content (AvgIpc) is 2.96. The van der Waals surface area contributed by atoms with Crippen LogP contribution >= 0.6 is 0 Å². The summed E-state index contributed by atoms with van der Waals surface area (Å²) in [5.74, 6) is -0.307. The van der Waals surface area contributed by atoms with Crippen LogP contribution in [-0.4, -0.2) is 47.7 Å². The number of rotatable bonds is 2. The van der Waals surface area contributed by atoms with Crippen LogP contribution in [0, 0.1) is 17.2 Å². The molecule has 2 aliphatic carbocycles. The summed E-state index contributed by atoms with van der Waals surface area (Å²) in [5.41, 5.74) is -0.925. The second kappa shape index (κ2) is 5.41. The lowest BCUT2D eigenvalue weighted by Gasteiger charge is -2.58. The number of alkyl halides is 3. The molecule has 5 rings (SSSR count). The molecule has 0 unspecified atom stereocenters. The minimum Gasteiger partial charge on any atom is -0.464 e. The van der Waals surface area contributed by atoms with E-state index in [-0.39, 0.29) is 23.5 Å². The Morgan fingerprint density at radius 2 is 2.14 bits per heavy atom. The highest BCUT2D eigenvalue weighted by atomic mass is 19.4. The third-order valence-corrected chi connectivity index (χ3v) is 6.73. The Morgan fingerprint density at radius 3 is 2.86 bits per heavy atom. The molecule has 28 heavy (non-hydrogen) atoms. The fraction of sp³-hybridized carbons (Fsp3) is 0.526. The van der Waals surface area contributed by atoms with Gasteiger partial charge in [0.2, 0.25) is 11.4 Å². The number of likely N-dealkylation sites (tertiary alicyclic amines) is 1. The quantitative estimate of drug-likeness (QED) is 0.471. The molecule has 0 radical (unpaired) electrons. The molecule has 2 heterocycles. The third kappa shape index (κ3) is 1.98. The second-order valence-electron chi connectivity index (χ2n) is 7.82. The van der Waals surface area contributed by atoms with Crippen molar-refractivity contribution in [1.82, 2.24) is 4.90 Å². The Labute approximate surface area is 158 Å². The number of likely N-dealkylation sites (N-methyl/N-ethyl adjacent to an activating group) is 1. The van der Waals surface area contributed by atoms with Crippen molar-refractivity contribution in [3.8, 4) is 17.6 Å². The predicted octanol–water partition coefficient (Wildman–Crippen LogP) is 2.22. The van der Waals surface area contributed by atoms with Crippen molar-refractivity contribution in [2.24, 2.45) is 5.92 Å². The number of benzene rings is 1. The molecule has 0 amide bonds. The number of nitrogens with zero attached hydrogens (tertiary/aromatic N) is 2. The lowest BCUT2D eigenvalue weighted by molar-refractivity contribution is -0.445. The van der Waals surface area contributed by atoms with Gasteiger partial charge in [0.25, 0.3) is 0 Å². The Kier molecular flexibility index (Phi) is 3.44. The van der Waals surface area contributed by atoms with E-state index >= 15 is 0 Å². The maximum Gasteiger partial charge on any atom is 0.558 e. The minimum absolute atomic E-state index is 0.0547. The van der Waals surface area contributed by atoms with Crippen LogP contribution in [0.5, 0.6) is 11.5 Å². The van der Waals surface area contributed by atoms with E-state index < -0.39 is 23.5 Å². The highest BCUT2D eigenvalue weighted by Gasteiger charge is 2.73. The van der Waals surface area contributed by atoms with E-state index in [4.69, 9.17) is 4.74 Å². The van der Waals surface area contributed by atoms with Gasteiger partial charge in [0.15, 0.2) is 5.75 Å². The summed E-state index contributed by atoms with van der Waals surface area (Å²) in [5, 5.41) is 20.9. The summed E-state index contributed by atoms with van der Waals surface area (Å²) < 4.78 is 43.5. The number of ether oxygens (including phenoxy) is 1. The molecular weight excluding hydrogens is 377 g/mol. The summed E-state index contributed by atoms with van der Waals surface area (Å²) in [6.07, 6.45) is -1.53. The van der Waals surface area contributed by atoms with Gasteiger partial charge >= 0.3 is 6.36 Å². The molecule has 5 atom stereocenters. The van der Waals surface area contributed by atoms with Gasteiger partial charge in [0.05, 0.1) is 5.41 Å². The standard InChI is InChI=1S/C19H17F3N2O4/c1-24-7-6-17-11-3-5-14(25)18(17,9-23)26-16-13(27-28-19(20,21)22)4-2-10(15(16)17)8-12(11)24/h2-5,11-12,14,25H,6-8H2,1H3/t11-,12+,14-,17-,18-/m0/s1. The summed E-state index contributed by atoms with van der Waals surface area (Å²) in [6.45, 7) is 0.678. The molecule has 1 fully saturated rings. The maximum absolute atomic E-state index is 12.5. The van der Waals surface area contributed by atoms with Crippen molar-refractivity contribution < 1.29 is 32.8 Å². The minimum atomic E-state index is -4.98. The Hall–Kier alpha value is -2.28. The van der Waals surface area contributed by atoms with Gasteiger partial charge in [-0.2, -0.15) is 5.26 Å². The van der Waals surface area contributed by atoms with E-state index in [9.17, 15) is 23.5 Å². The van der Waals surface area contributed by atoms with Gasteiger partial charge in [-0.3, -0.25) is 0 Å². The third-order valence-electron chi connectivity index (χ3n) is 6.73. The zero-order valence-corrected chi connectivity index (χ0v) is 14.9. The maximum atomic E-state index is 12.5. The molecule has 1 spiro atoms. The number of aliphatic hydroxyl groups is 1. The van der Waals surface area contributed by atoms with Crippen LogP contribution in [0.3, 0.4) is 0 Å². The van der Waals surface area contributed by atoms with Crippen LogP contribution in [0.25, 0.3) is 0 Å². The van der Waals surface area contributed by atoms with E-state index in [1.807, 2.05) is 13.1 Å². The first-order chi connectivity index (χ1) is 13.2. The monoisotopic (exact) mass is 394 g/mol. The molecule has 9 heteroatoms. The number of nitriles is 1. The van der Waals surface area contributed by atoms with Crippen molar-refractivity contribution in [2.75, 3.05) is 13.6 Å². The summed E-state index contributed by atoms with van der Waals surface area (Å²) in [7, 11) is 2.01. The van der Waals surface area contributed by atoms with E-state index in [1.165, 1.54) is 6.07 Å². The number of aliphatic hydroxyl groups excluding tert-OH is 1. The first-order valence-corrected chi connectivity index (χ1v) is 8.99. The van der Waals surface area contributed by atoms with Crippen LogP contribution in [0.1, 0.15) is 17.5 Å². The van der Waals surface area contributed by atoms with E-state index in [1.54, 1.807) is 12.1 Å². The first kappa shape index (κ1) is 17.8. The molecular formula is C19H17F3N2O4. The second-order valence-corrected chi connectivity index (χ2v) is 7.82. The van der Waals surface area contributed by atoms with Crippen LogP contribution in [-0.2, 0) is 16.7 Å². The number of hydrogen-bond acceptors (Lipinski definition) is 6. The highest BCUT2D eigenvalue weighted by molar-refractivity contribution is 5.65. The fourth-order valence-corrected chi connectivity index (χ4v) is 5.65. The SMILES string of the molecule is CN1CC[C@]23c4c5ccc(OOC(F)(F)F)c4O[C@@]2(C#N)[C@@H](O)C=C[C@H]3[C@H]1C5. The van der Waals surface area contributed by atoms with Gasteiger partial charge in [0.1, 0.15) is 12.2 Å². The molecule has 1 saturated heterocycles. The van der Waals surface area contributed by atoms with Gasteiger partial charge in [-0.05, 0) is 38.1 Å². The Morgan fingerprint density at radius 1 is 1.36 bits per heavy atom. The lowest BCUT2D eigenvalue weighted by Crippen LogP contribution is -2.70. The van der Waals surface area contributed by atoms with Crippen LogP contribution < -0.4 is 9.62 Å². The molecule has 0 saturated carbocycles. The molecule has 4 aliphatic rings. The number of piperidine rings is 1. The summed E-state index contributed by atoms with van der Waals surface area (Å²) in [6, 6.07) is 5.32. The summed E-state index contributed by atoms with van der Waals surface area (Å²) >= 11 is 0. The molecule has 0 aromatic heterocycles. The van der Waals surface area contributed by atoms with Crippen molar-refractivity contribution in [1.29, 1.82) is 5.26 Å². The Bertz CT molecular complexity index is 927. The predicted molar refractivity (Wildman–Crippen MR) is 88.2 cm³/mol. The van der Waals surface area contributed by atoms with E-state index in [0.717, 1.165) is 5.56 Å². The molecule has 2 bridgehead atoms. The topological polar surface area (TPSA) is 75.0 Å². The van der Waals surface area contributed by atoms with Gasteiger partial charge in [0, 0.05) is 17.5 Å². The molecule has 1 N–H and O–H groups in total. The molecule has 6 nitrogen and oxygen atoms in total. The van der Waals surface area contributed by atoms with Gasteiger partial charge in [-0.25, -0.2) is 0 Å². The molecule has 148 valence electrons. The van der Waals surface area contributed by atoms with Crippen molar-refractivity contribution in [3.05, 3.63) is 35.4 Å². The number of halogens is 3. The van der Waals surface area contributed by atoms with Crippen molar-refractivity contribution >= 4 is 0 Å². The van der Waals surface area contributed by atoms with E-state index in [0.29, 0.717) is 24.9 Å². The van der Waals surface area contributed by atoms with Gasteiger partial charge in [-0.1, -0.05) is 23.1 Å². The van der Waals surface area contributed by atoms with Crippen molar-refractivity contribution in [3.63, 3.8) is 0 Å². The van der Waals surface area contributed by atoms with Gasteiger partial charge in [-0.15, -0.1) is 13.2 Å². The normalized spacial score (nSPS) is 37.8. The largest absolute Gasteiger partial charge is 0.558 e. The zero-order valence-electron chi connectivity index (χ0n) is 14.9. The van der Waals surface area contributed by atoms with Crippen LogP contribution in [0.2, 0.25) is 0 Å². The average molecular weight is 394 g/mol. The molecule has 1 aromatic carbocycles. The van der Waals surface area contributed by atoms with E-state index in [2.05, 4.69) is 20.7 Å². The fourth-order valence-electron chi connectivity index (χ4n) is 5.65. The van der Waals surface area contributed by atoms with Crippen LogP contribution in [0.4, 0.5) is 13.2 Å². The Balaban J connectivity index is 1.73. The van der Waals surface area contributed by atoms with Crippen LogP contribution in [0.15, 0.2) is 24.3 Å². The van der Waals surface area contributed by atoms with Gasteiger partial charge < -0.3 is 19.6 Å². The smallest absolute Gasteiger partial charge is 0.464 e. The highest BCUT2D eigenvalue weighted by Crippen LogP contribution is 2.66. The number of hydrogen-bond donors (Lipinski definition) is 1. The van der Waals surface area contributed by atoms with Crippen molar-refractivity contribution in [2.45, 2.75) is 42.4 Å². The molecule has 2 aliphatic heterocycles. The summed E-state index contributed by atoms with van der Waals surface area (Å²) in [4.78, 5) is 10.3. The lowest BCUT2D eigenvalue weighted by atomic mass is 9.49. The zero-order chi connectivity index (χ0) is 19.9. The first-order valence-electron chi connectivity index (χ1n) is 8.99. The molecule has 1 aromatic rings.